The van der Waals surface area contributed by atoms with E-state index >= 15 is 0 Å². The molecule has 1 N–H and O–H groups in total. The van der Waals surface area contributed by atoms with Gasteiger partial charge in [-0.3, -0.25) is 9.59 Å². The third-order valence-electron chi connectivity index (χ3n) is 3.76. The minimum atomic E-state index is -4.90. The zero-order chi connectivity index (χ0) is 22.5. The van der Waals surface area contributed by atoms with Gasteiger partial charge in [-0.05, 0) is 36.8 Å². The van der Waals surface area contributed by atoms with Crippen LogP contribution in [0, 0.1) is 0 Å². The number of carbonyl (C=O) groups excluding carboxylic acids is 2. The van der Waals surface area contributed by atoms with Gasteiger partial charge in [0.05, 0.1) is 13.0 Å². The van der Waals surface area contributed by atoms with Gasteiger partial charge < -0.3 is 14.6 Å². The molecular weight excluding hydrogens is 450 g/mol. The molecular formula is C19H16Cl2F3NO5. The molecule has 0 radical (unpaired) electrons. The van der Waals surface area contributed by atoms with E-state index in [1.807, 2.05) is 0 Å². The number of Topliss-reactive ketones (excluding diaryl/α,β-unsaturated/α-hetero) is 1. The average Bonchev–Trinajstić information content (AvgIpc) is 2.63. The number of aromatic nitrogens is 1. The third kappa shape index (κ3) is 6.77. The number of carbonyl (C=O) groups is 2. The van der Waals surface area contributed by atoms with Crippen molar-refractivity contribution in [3.05, 3.63) is 51.3 Å². The molecule has 11 heteroatoms. The Kier molecular flexibility index (Phi) is 7.91. The molecule has 1 aromatic heterocycles. The molecule has 0 aliphatic heterocycles. The summed E-state index contributed by atoms with van der Waals surface area (Å²) in [6, 6.07) is 4.57. The Morgan fingerprint density at radius 2 is 1.77 bits per heavy atom. The molecule has 0 aliphatic rings. The number of ketones is 1. The summed E-state index contributed by atoms with van der Waals surface area (Å²) in [5.41, 5.74) is 0.289. The molecule has 162 valence electrons. The largest absolute Gasteiger partial charge is 0.573 e. The first-order valence-corrected chi connectivity index (χ1v) is 9.37. The zero-order valence-corrected chi connectivity index (χ0v) is 17.1. The van der Waals surface area contributed by atoms with Crippen molar-refractivity contribution in [3.8, 4) is 11.5 Å². The van der Waals surface area contributed by atoms with Gasteiger partial charge in [0.25, 0.3) is 0 Å². The number of hydrogen-bond donors (Lipinski definition) is 1. The van der Waals surface area contributed by atoms with E-state index in [4.69, 9.17) is 27.9 Å². The van der Waals surface area contributed by atoms with Gasteiger partial charge in [0.15, 0.2) is 5.78 Å². The molecule has 0 fully saturated rings. The first-order valence-electron chi connectivity index (χ1n) is 8.61. The molecule has 0 aliphatic carbocycles. The van der Waals surface area contributed by atoms with Gasteiger partial charge in [0.1, 0.15) is 17.2 Å². The van der Waals surface area contributed by atoms with E-state index in [0.29, 0.717) is 0 Å². The summed E-state index contributed by atoms with van der Waals surface area (Å²) >= 11 is 12.1. The monoisotopic (exact) mass is 465 g/mol. The maximum Gasteiger partial charge on any atom is 0.573 e. The first-order chi connectivity index (χ1) is 14.0. The van der Waals surface area contributed by atoms with Crippen LogP contribution in [0.2, 0.25) is 10.0 Å². The van der Waals surface area contributed by atoms with Crippen LogP contribution in [0.1, 0.15) is 41.5 Å². The van der Waals surface area contributed by atoms with E-state index in [9.17, 15) is 27.9 Å². The molecule has 0 spiro atoms. The van der Waals surface area contributed by atoms with Crippen LogP contribution in [0.15, 0.2) is 24.3 Å². The minimum absolute atomic E-state index is 0.0254. The highest BCUT2D eigenvalue weighted by molar-refractivity contribution is 6.36. The fourth-order valence-corrected chi connectivity index (χ4v) is 3.09. The summed E-state index contributed by atoms with van der Waals surface area (Å²) in [5.74, 6) is -2.08. The summed E-state index contributed by atoms with van der Waals surface area (Å²) in [7, 11) is 0. The van der Waals surface area contributed by atoms with Crippen LogP contribution in [-0.2, 0) is 16.0 Å². The van der Waals surface area contributed by atoms with Gasteiger partial charge in [-0.15, -0.1) is 13.2 Å². The van der Waals surface area contributed by atoms with Gasteiger partial charge in [-0.2, -0.15) is 0 Å². The Labute approximate surface area is 179 Å². The highest BCUT2D eigenvalue weighted by Crippen LogP contribution is 2.34. The molecule has 0 unspecified atom stereocenters. The lowest BCUT2D eigenvalue weighted by atomic mass is 10.1. The maximum absolute atomic E-state index is 12.4. The molecule has 0 atom stereocenters. The van der Waals surface area contributed by atoms with Gasteiger partial charge in [-0.1, -0.05) is 23.2 Å². The number of esters is 1. The number of rotatable bonds is 8. The van der Waals surface area contributed by atoms with E-state index in [-0.39, 0.29) is 58.6 Å². The standard InChI is InChI=1S/C19H16Cl2F3NO5/c1-2-29-17(28)6-5-16(27)18-15(26)4-3-10(25-18)7-12-13(20)8-11(9-14(12)21)30-19(22,23)24/h3-4,8-9,26H,2,5-7H2,1H3. The molecule has 1 heterocycles. The molecule has 0 saturated heterocycles. The van der Waals surface area contributed by atoms with Gasteiger partial charge in [0.2, 0.25) is 0 Å². The third-order valence-corrected chi connectivity index (χ3v) is 4.44. The quantitative estimate of drug-likeness (QED) is 0.430. The van der Waals surface area contributed by atoms with Crippen molar-refractivity contribution in [3.63, 3.8) is 0 Å². The molecule has 1 aromatic carbocycles. The van der Waals surface area contributed by atoms with Crippen molar-refractivity contribution >= 4 is 35.0 Å². The number of halogens is 5. The number of ether oxygens (including phenoxy) is 2. The summed E-state index contributed by atoms with van der Waals surface area (Å²) in [4.78, 5) is 27.8. The summed E-state index contributed by atoms with van der Waals surface area (Å²) in [5, 5.41) is 9.74. The number of aromatic hydroxyl groups is 1. The lowest BCUT2D eigenvalue weighted by Crippen LogP contribution is -2.17. The highest BCUT2D eigenvalue weighted by Gasteiger charge is 2.31. The Hall–Kier alpha value is -2.52. The van der Waals surface area contributed by atoms with E-state index in [1.165, 1.54) is 12.1 Å². The van der Waals surface area contributed by atoms with Crippen LogP contribution < -0.4 is 4.74 Å². The molecule has 30 heavy (non-hydrogen) atoms. The normalized spacial score (nSPS) is 11.3. The number of nitrogens with zero attached hydrogens (tertiary/aromatic N) is 1. The zero-order valence-electron chi connectivity index (χ0n) is 15.6. The van der Waals surface area contributed by atoms with E-state index in [2.05, 4.69) is 9.72 Å². The Morgan fingerprint density at radius 3 is 2.33 bits per heavy atom. The Balaban J connectivity index is 2.21. The van der Waals surface area contributed by atoms with Crippen LogP contribution >= 0.6 is 23.2 Å². The topological polar surface area (TPSA) is 85.7 Å². The van der Waals surface area contributed by atoms with Gasteiger partial charge >= 0.3 is 12.3 Å². The van der Waals surface area contributed by atoms with Gasteiger partial charge in [0, 0.05) is 28.6 Å². The predicted molar refractivity (Wildman–Crippen MR) is 102 cm³/mol. The molecule has 6 nitrogen and oxygen atoms in total. The summed E-state index contributed by atoms with van der Waals surface area (Å²) in [6.45, 7) is 1.81. The van der Waals surface area contributed by atoms with Crippen LogP contribution in [0.5, 0.6) is 11.5 Å². The second-order valence-electron chi connectivity index (χ2n) is 5.99. The SMILES string of the molecule is CCOC(=O)CCC(=O)c1nc(Cc2c(Cl)cc(OC(F)(F)F)cc2Cl)ccc1O. The molecule has 0 amide bonds. The van der Waals surface area contributed by atoms with Gasteiger partial charge in [-0.25, -0.2) is 4.98 Å². The fourth-order valence-electron chi connectivity index (χ4n) is 2.49. The first kappa shape index (κ1) is 23.8. The van der Waals surface area contributed by atoms with Crippen molar-refractivity contribution in [1.29, 1.82) is 0 Å². The smallest absolute Gasteiger partial charge is 0.506 e. The molecule has 2 rings (SSSR count). The highest BCUT2D eigenvalue weighted by atomic mass is 35.5. The van der Waals surface area contributed by atoms with Crippen LogP contribution in [0.4, 0.5) is 13.2 Å². The second-order valence-corrected chi connectivity index (χ2v) is 6.80. The lowest BCUT2D eigenvalue weighted by Gasteiger charge is -2.13. The Morgan fingerprint density at radius 1 is 1.13 bits per heavy atom. The number of pyridine rings is 1. The molecule has 2 aromatic rings. The number of alkyl halides is 3. The summed E-state index contributed by atoms with van der Waals surface area (Å²) in [6.07, 6.45) is -5.31. The molecule has 0 bridgehead atoms. The van der Waals surface area contributed by atoms with Crippen molar-refractivity contribution in [2.24, 2.45) is 0 Å². The van der Waals surface area contributed by atoms with Crippen molar-refractivity contribution in [2.45, 2.75) is 32.5 Å². The van der Waals surface area contributed by atoms with Crippen LogP contribution in [0.3, 0.4) is 0 Å². The second kappa shape index (κ2) is 9.99. The minimum Gasteiger partial charge on any atom is -0.506 e. The predicted octanol–water partition coefficient (Wildman–Crippen LogP) is 5.11. The molecule has 0 saturated carbocycles. The fraction of sp³-hybridized carbons (Fsp3) is 0.316. The summed E-state index contributed by atoms with van der Waals surface area (Å²) < 4.78 is 45.6. The average molecular weight is 466 g/mol. The number of benzene rings is 1. The van der Waals surface area contributed by atoms with Crippen molar-refractivity contribution in [1.82, 2.24) is 4.98 Å². The maximum atomic E-state index is 12.4. The van der Waals surface area contributed by atoms with Crippen LogP contribution in [0.25, 0.3) is 0 Å². The van der Waals surface area contributed by atoms with Crippen LogP contribution in [-0.4, -0.2) is 34.8 Å². The number of hydrogen-bond acceptors (Lipinski definition) is 6. The Bertz CT molecular complexity index is 927. The van der Waals surface area contributed by atoms with E-state index in [0.717, 1.165) is 12.1 Å². The lowest BCUT2D eigenvalue weighted by molar-refractivity contribution is -0.274. The van der Waals surface area contributed by atoms with E-state index in [1.54, 1.807) is 6.92 Å². The van der Waals surface area contributed by atoms with Crippen molar-refractivity contribution < 1.29 is 37.3 Å². The van der Waals surface area contributed by atoms with Crippen molar-refractivity contribution in [2.75, 3.05) is 6.61 Å². The van der Waals surface area contributed by atoms with E-state index < -0.39 is 23.9 Å².